The van der Waals surface area contributed by atoms with Gasteiger partial charge in [-0.15, -0.1) is 0 Å². The van der Waals surface area contributed by atoms with E-state index < -0.39 is 10.2 Å². The minimum Gasteiger partial charge on any atom is -0.379 e. The van der Waals surface area contributed by atoms with E-state index in [4.69, 9.17) is 10.5 Å². The lowest BCUT2D eigenvalue weighted by Gasteiger charge is -2.26. The van der Waals surface area contributed by atoms with E-state index in [-0.39, 0.29) is 6.54 Å². The van der Waals surface area contributed by atoms with Crippen LogP contribution in [0.3, 0.4) is 0 Å². The largest absolute Gasteiger partial charge is 0.379 e. The van der Waals surface area contributed by atoms with Crippen molar-refractivity contribution in [1.29, 1.82) is 0 Å². The molecule has 0 radical (unpaired) electrons. The second-order valence-corrected chi connectivity index (χ2v) is 6.34. The summed E-state index contributed by atoms with van der Waals surface area (Å²) in [5.41, 5.74) is 7.41. The molecule has 114 valence electrons. The van der Waals surface area contributed by atoms with Gasteiger partial charge in [0.25, 0.3) is 0 Å². The summed E-state index contributed by atoms with van der Waals surface area (Å²) in [6, 6.07) is 5.43. The van der Waals surface area contributed by atoms with Gasteiger partial charge in [0.1, 0.15) is 0 Å². The van der Waals surface area contributed by atoms with Crippen LogP contribution in [0.5, 0.6) is 0 Å². The van der Waals surface area contributed by atoms with Crippen molar-refractivity contribution in [3.05, 3.63) is 29.3 Å². The molecule has 1 heterocycles. The zero-order chi connectivity index (χ0) is 15.3. The Labute approximate surface area is 125 Å². The highest BCUT2D eigenvalue weighted by molar-refractivity contribution is 7.90. The van der Waals surface area contributed by atoms with Gasteiger partial charge in [-0.3, -0.25) is 4.72 Å². The molecule has 0 aliphatic carbocycles. The number of morpholine rings is 1. The molecule has 3 N–H and O–H groups in total. The van der Waals surface area contributed by atoms with Crippen molar-refractivity contribution in [2.45, 2.75) is 6.92 Å². The smallest absolute Gasteiger partial charge is 0.301 e. The third-order valence-corrected chi connectivity index (χ3v) is 4.57. The van der Waals surface area contributed by atoms with Gasteiger partial charge in [-0.2, -0.15) is 12.7 Å². The zero-order valence-corrected chi connectivity index (χ0v) is 12.7. The fraction of sp³-hybridized carbons (Fsp3) is 0.429. The Hall–Kier alpha value is -1.59. The van der Waals surface area contributed by atoms with Gasteiger partial charge in [-0.25, -0.2) is 0 Å². The van der Waals surface area contributed by atoms with E-state index in [0.29, 0.717) is 37.6 Å². The standard InChI is InChI=1S/C14H19N3O3S/c1-12-4-5-13(3-2-6-15)14(11-12)16-21(18,19)17-7-9-20-10-8-17/h4-5,11,16H,6-10,15H2,1H3. The van der Waals surface area contributed by atoms with Gasteiger partial charge in [0.05, 0.1) is 25.4 Å². The summed E-state index contributed by atoms with van der Waals surface area (Å²) >= 11 is 0. The van der Waals surface area contributed by atoms with E-state index >= 15 is 0 Å². The van der Waals surface area contributed by atoms with Crippen LogP contribution < -0.4 is 10.5 Å². The molecule has 21 heavy (non-hydrogen) atoms. The van der Waals surface area contributed by atoms with Crippen molar-refractivity contribution in [2.24, 2.45) is 5.73 Å². The number of rotatable bonds is 3. The van der Waals surface area contributed by atoms with Gasteiger partial charge in [0.2, 0.25) is 0 Å². The first-order valence-corrected chi connectivity index (χ1v) is 8.12. The van der Waals surface area contributed by atoms with Crippen LogP contribution in [0.15, 0.2) is 18.2 Å². The topological polar surface area (TPSA) is 84.7 Å². The Balaban J connectivity index is 2.27. The molecule has 0 unspecified atom stereocenters. The predicted octanol–water partition coefficient (Wildman–Crippen LogP) is 0.294. The zero-order valence-electron chi connectivity index (χ0n) is 11.9. The van der Waals surface area contributed by atoms with E-state index in [1.807, 2.05) is 13.0 Å². The first kappa shape index (κ1) is 15.8. The Bertz CT molecular complexity index is 656. The lowest BCUT2D eigenvalue weighted by Crippen LogP contribution is -2.43. The summed E-state index contributed by atoms with van der Waals surface area (Å²) in [6.45, 7) is 3.65. The molecule has 0 amide bonds. The highest BCUT2D eigenvalue weighted by atomic mass is 32.2. The molecule has 1 aromatic rings. The monoisotopic (exact) mass is 309 g/mol. The van der Waals surface area contributed by atoms with Crippen molar-refractivity contribution in [3.8, 4) is 11.8 Å². The summed E-state index contributed by atoms with van der Waals surface area (Å²) in [5, 5.41) is 0. The third-order valence-electron chi connectivity index (χ3n) is 3.05. The van der Waals surface area contributed by atoms with Crippen molar-refractivity contribution in [3.63, 3.8) is 0 Å². The van der Waals surface area contributed by atoms with E-state index in [1.165, 1.54) is 4.31 Å². The van der Waals surface area contributed by atoms with Gasteiger partial charge in [-0.1, -0.05) is 17.9 Å². The minimum absolute atomic E-state index is 0.226. The number of ether oxygens (including phenoxy) is 1. The SMILES string of the molecule is Cc1ccc(C#CCN)c(NS(=O)(=O)N2CCOCC2)c1. The average molecular weight is 309 g/mol. The van der Waals surface area contributed by atoms with Gasteiger partial charge < -0.3 is 10.5 Å². The molecule has 1 saturated heterocycles. The lowest BCUT2D eigenvalue weighted by atomic mass is 10.1. The molecule has 0 bridgehead atoms. The maximum absolute atomic E-state index is 12.4. The Kier molecular flexibility index (Phi) is 5.20. The maximum Gasteiger partial charge on any atom is 0.301 e. The van der Waals surface area contributed by atoms with Gasteiger partial charge in [0, 0.05) is 18.7 Å². The Morgan fingerprint density at radius 3 is 2.76 bits per heavy atom. The first-order valence-electron chi connectivity index (χ1n) is 6.68. The number of hydrogen-bond donors (Lipinski definition) is 2. The van der Waals surface area contributed by atoms with E-state index in [2.05, 4.69) is 16.6 Å². The Morgan fingerprint density at radius 1 is 1.38 bits per heavy atom. The third kappa shape index (κ3) is 4.19. The second-order valence-electron chi connectivity index (χ2n) is 4.67. The summed E-state index contributed by atoms with van der Waals surface area (Å²) < 4.78 is 33.9. The normalized spacial score (nSPS) is 16.1. The molecule has 2 rings (SSSR count). The summed E-state index contributed by atoms with van der Waals surface area (Å²) in [6.07, 6.45) is 0. The predicted molar refractivity (Wildman–Crippen MR) is 82.0 cm³/mol. The molecule has 1 aliphatic heterocycles. The van der Waals surface area contributed by atoms with E-state index in [0.717, 1.165) is 5.56 Å². The lowest BCUT2D eigenvalue weighted by molar-refractivity contribution is 0.0733. The number of benzene rings is 1. The minimum atomic E-state index is -3.60. The molecular formula is C14H19N3O3S. The fourth-order valence-electron chi connectivity index (χ4n) is 1.99. The van der Waals surface area contributed by atoms with E-state index in [9.17, 15) is 8.42 Å². The highest BCUT2D eigenvalue weighted by Gasteiger charge is 2.24. The summed E-state index contributed by atoms with van der Waals surface area (Å²) in [7, 11) is -3.60. The van der Waals surface area contributed by atoms with Crippen LogP contribution >= 0.6 is 0 Å². The molecular weight excluding hydrogens is 290 g/mol. The molecule has 0 saturated carbocycles. The van der Waals surface area contributed by atoms with Crippen molar-refractivity contribution in [2.75, 3.05) is 37.6 Å². The maximum atomic E-state index is 12.4. The number of nitrogens with one attached hydrogen (secondary N) is 1. The average Bonchev–Trinajstić information content (AvgIpc) is 2.47. The molecule has 1 aliphatic rings. The van der Waals surface area contributed by atoms with Crippen LogP contribution in [0.1, 0.15) is 11.1 Å². The van der Waals surface area contributed by atoms with Gasteiger partial charge in [-0.05, 0) is 24.6 Å². The summed E-state index contributed by atoms with van der Waals surface area (Å²) in [5.74, 6) is 5.62. The van der Waals surface area contributed by atoms with Gasteiger partial charge in [0.15, 0.2) is 0 Å². The van der Waals surface area contributed by atoms with Crippen molar-refractivity contribution < 1.29 is 13.2 Å². The number of anilines is 1. The van der Waals surface area contributed by atoms with Crippen LogP contribution in [-0.4, -0.2) is 45.6 Å². The number of nitrogens with two attached hydrogens (primary N) is 1. The van der Waals surface area contributed by atoms with E-state index in [1.54, 1.807) is 12.1 Å². The molecule has 1 aromatic carbocycles. The molecule has 6 nitrogen and oxygen atoms in total. The highest BCUT2D eigenvalue weighted by Crippen LogP contribution is 2.19. The molecule has 0 aromatic heterocycles. The summed E-state index contributed by atoms with van der Waals surface area (Å²) in [4.78, 5) is 0. The molecule has 0 atom stereocenters. The van der Waals surface area contributed by atoms with Gasteiger partial charge >= 0.3 is 10.2 Å². The van der Waals surface area contributed by atoms with Crippen molar-refractivity contribution in [1.82, 2.24) is 4.31 Å². The molecule has 1 fully saturated rings. The van der Waals surface area contributed by atoms with Crippen LogP contribution in [0.25, 0.3) is 0 Å². The molecule has 7 heteroatoms. The Morgan fingerprint density at radius 2 is 2.10 bits per heavy atom. The first-order chi connectivity index (χ1) is 10.0. The van der Waals surface area contributed by atoms with Crippen molar-refractivity contribution >= 4 is 15.9 Å². The number of hydrogen-bond acceptors (Lipinski definition) is 4. The fourth-order valence-corrected chi connectivity index (χ4v) is 3.19. The van der Waals surface area contributed by atoms with Crippen LogP contribution in [0.2, 0.25) is 0 Å². The quantitative estimate of drug-likeness (QED) is 0.786. The van der Waals surface area contributed by atoms with Crippen LogP contribution in [-0.2, 0) is 14.9 Å². The molecule has 0 spiro atoms. The second kappa shape index (κ2) is 6.91. The van der Waals surface area contributed by atoms with Crippen LogP contribution in [0, 0.1) is 18.8 Å². The number of nitrogens with zero attached hydrogens (tertiary/aromatic N) is 1. The van der Waals surface area contributed by atoms with Crippen LogP contribution in [0.4, 0.5) is 5.69 Å². The number of aryl methyl sites for hydroxylation is 1.